The fourth-order valence-corrected chi connectivity index (χ4v) is 3.45. The third kappa shape index (κ3) is 4.17. The maximum atomic E-state index is 5.84. The van der Waals surface area contributed by atoms with E-state index in [0.717, 1.165) is 56.4 Å². The van der Waals surface area contributed by atoms with Crippen LogP contribution < -0.4 is 4.74 Å². The van der Waals surface area contributed by atoms with Crippen molar-refractivity contribution >= 4 is 45.4 Å². The summed E-state index contributed by atoms with van der Waals surface area (Å²) in [7, 11) is 0. The van der Waals surface area contributed by atoms with Crippen LogP contribution in [0.2, 0.25) is 0 Å². The molecule has 0 aliphatic heterocycles. The molecule has 4 nitrogen and oxygen atoms in total. The van der Waals surface area contributed by atoms with Crippen molar-refractivity contribution in [3.05, 3.63) is 47.8 Å². The van der Waals surface area contributed by atoms with Crippen LogP contribution >= 0.6 is 34.4 Å². The number of aromatic amines is 1. The summed E-state index contributed by atoms with van der Waals surface area (Å²) in [6, 6.07) is 10.0. The summed E-state index contributed by atoms with van der Waals surface area (Å²) in [5.74, 6) is 1.71. The first-order valence-electron chi connectivity index (χ1n) is 7.48. The van der Waals surface area contributed by atoms with E-state index in [9.17, 15) is 0 Å². The molecule has 1 aromatic carbocycles. The zero-order chi connectivity index (χ0) is 16.1. The summed E-state index contributed by atoms with van der Waals surface area (Å²) in [6.07, 6.45) is 2.88. The first kappa shape index (κ1) is 16.6. The number of para-hydroxylation sites is 2. The lowest BCUT2D eigenvalue weighted by Crippen LogP contribution is -2.02. The van der Waals surface area contributed by atoms with Gasteiger partial charge in [0.2, 0.25) is 0 Å². The average molecular weight is 439 g/mol. The molecule has 0 spiro atoms. The topological polar surface area (TPSA) is 50.8 Å². The van der Waals surface area contributed by atoms with Crippen LogP contribution in [-0.2, 0) is 5.75 Å². The molecule has 23 heavy (non-hydrogen) atoms. The Bertz CT molecular complexity index is 757. The number of hydrogen-bond acceptors (Lipinski definition) is 4. The SMILES string of the molecule is Cc1c(OCCCI)ccnc1CSc1nc2ccccc2[nH]1. The van der Waals surface area contributed by atoms with Gasteiger partial charge < -0.3 is 9.72 Å². The van der Waals surface area contributed by atoms with E-state index < -0.39 is 0 Å². The Labute approximate surface area is 153 Å². The molecule has 6 heteroatoms. The number of H-pyrrole nitrogens is 1. The summed E-state index contributed by atoms with van der Waals surface area (Å²) >= 11 is 4.03. The van der Waals surface area contributed by atoms with Gasteiger partial charge in [0.15, 0.2) is 5.16 Å². The maximum Gasteiger partial charge on any atom is 0.166 e. The highest BCUT2D eigenvalue weighted by molar-refractivity contribution is 14.1. The predicted molar refractivity (Wildman–Crippen MR) is 104 cm³/mol. The van der Waals surface area contributed by atoms with E-state index in [4.69, 9.17) is 4.74 Å². The van der Waals surface area contributed by atoms with E-state index in [1.165, 1.54) is 0 Å². The van der Waals surface area contributed by atoms with E-state index in [-0.39, 0.29) is 0 Å². The van der Waals surface area contributed by atoms with Gasteiger partial charge in [0.25, 0.3) is 0 Å². The van der Waals surface area contributed by atoms with Crippen molar-refractivity contribution in [1.82, 2.24) is 15.0 Å². The fraction of sp³-hybridized carbons (Fsp3) is 0.294. The van der Waals surface area contributed by atoms with Gasteiger partial charge in [-0.3, -0.25) is 4.98 Å². The monoisotopic (exact) mass is 439 g/mol. The number of hydrogen-bond donors (Lipinski definition) is 1. The normalized spacial score (nSPS) is 11.0. The molecule has 0 fully saturated rings. The van der Waals surface area contributed by atoms with Crippen molar-refractivity contribution in [2.75, 3.05) is 11.0 Å². The third-order valence-corrected chi connectivity index (χ3v) is 5.15. The Morgan fingerprint density at radius 3 is 2.96 bits per heavy atom. The number of imidazole rings is 1. The minimum Gasteiger partial charge on any atom is -0.493 e. The van der Waals surface area contributed by atoms with Gasteiger partial charge in [-0.2, -0.15) is 0 Å². The summed E-state index contributed by atoms with van der Waals surface area (Å²) in [5, 5.41) is 0.920. The van der Waals surface area contributed by atoms with Crippen molar-refractivity contribution < 1.29 is 4.74 Å². The fourth-order valence-electron chi connectivity index (χ4n) is 2.23. The second-order valence-electron chi connectivity index (χ2n) is 5.12. The minimum absolute atomic E-state index is 0.754. The summed E-state index contributed by atoms with van der Waals surface area (Å²) in [5.41, 5.74) is 4.22. The summed E-state index contributed by atoms with van der Waals surface area (Å²) < 4.78 is 6.95. The number of nitrogens with zero attached hydrogens (tertiary/aromatic N) is 2. The zero-order valence-electron chi connectivity index (χ0n) is 12.9. The van der Waals surface area contributed by atoms with Crippen LogP contribution in [0.25, 0.3) is 11.0 Å². The molecule has 2 aromatic heterocycles. The van der Waals surface area contributed by atoms with E-state index in [1.54, 1.807) is 11.8 Å². The molecule has 120 valence electrons. The average Bonchev–Trinajstić information content (AvgIpc) is 2.98. The van der Waals surface area contributed by atoms with Gasteiger partial charge in [-0.1, -0.05) is 46.5 Å². The molecule has 0 bridgehead atoms. The number of nitrogens with one attached hydrogen (secondary N) is 1. The molecule has 0 atom stereocenters. The molecule has 3 aromatic rings. The highest BCUT2D eigenvalue weighted by Crippen LogP contribution is 2.27. The second kappa shape index (κ2) is 8.01. The zero-order valence-corrected chi connectivity index (χ0v) is 15.9. The number of rotatable bonds is 7. The molecule has 0 amide bonds. The van der Waals surface area contributed by atoms with Gasteiger partial charge in [0.1, 0.15) is 5.75 Å². The summed E-state index contributed by atoms with van der Waals surface area (Å²) in [6.45, 7) is 2.82. The van der Waals surface area contributed by atoms with E-state index >= 15 is 0 Å². The Kier molecular flexibility index (Phi) is 5.77. The van der Waals surface area contributed by atoms with Crippen LogP contribution in [-0.4, -0.2) is 26.0 Å². The molecular formula is C17H18IN3OS. The lowest BCUT2D eigenvalue weighted by molar-refractivity contribution is 0.316. The van der Waals surface area contributed by atoms with Crippen LogP contribution in [0.1, 0.15) is 17.7 Å². The number of benzene rings is 1. The van der Waals surface area contributed by atoms with E-state index in [2.05, 4.69) is 44.5 Å². The predicted octanol–water partition coefficient (Wildman–Crippen LogP) is 4.76. The van der Waals surface area contributed by atoms with E-state index in [0.29, 0.717) is 0 Å². The quantitative estimate of drug-likeness (QED) is 0.250. The van der Waals surface area contributed by atoms with Gasteiger partial charge >= 0.3 is 0 Å². The van der Waals surface area contributed by atoms with Crippen molar-refractivity contribution in [3.63, 3.8) is 0 Å². The van der Waals surface area contributed by atoms with Gasteiger partial charge in [-0.25, -0.2) is 4.98 Å². The Hall–Kier alpha value is -1.28. The highest BCUT2D eigenvalue weighted by Gasteiger charge is 2.09. The molecule has 1 N–H and O–H groups in total. The van der Waals surface area contributed by atoms with Crippen molar-refractivity contribution in [2.24, 2.45) is 0 Å². The van der Waals surface area contributed by atoms with Crippen LogP contribution in [0.5, 0.6) is 5.75 Å². The molecule has 0 unspecified atom stereocenters. The molecule has 0 radical (unpaired) electrons. The van der Waals surface area contributed by atoms with Gasteiger partial charge in [-0.05, 0) is 31.5 Å². The smallest absolute Gasteiger partial charge is 0.166 e. The first-order chi connectivity index (χ1) is 11.3. The number of ether oxygens (including phenoxy) is 1. The largest absolute Gasteiger partial charge is 0.493 e. The molecule has 2 heterocycles. The van der Waals surface area contributed by atoms with Crippen LogP contribution in [0.3, 0.4) is 0 Å². The number of thioether (sulfide) groups is 1. The third-order valence-electron chi connectivity index (χ3n) is 3.51. The summed E-state index contributed by atoms with van der Waals surface area (Å²) in [4.78, 5) is 12.4. The standard InChI is InChI=1S/C17H18IN3OS/c1-12-15(19-9-7-16(12)22-10-4-8-18)11-23-17-20-13-5-2-3-6-14(13)21-17/h2-3,5-7,9H,4,8,10-11H2,1H3,(H,20,21). The van der Waals surface area contributed by atoms with Crippen molar-refractivity contribution in [1.29, 1.82) is 0 Å². The maximum absolute atomic E-state index is 5.84. The lowest BCUT2D eigenvalue weighted by atomic mass is 10.2. The molecule has 0 saturated heterocycles. The Balaban J connectivity index is 1.68. The second-order valence-corrected chi connectivity index (χ2v) is 7.16. The number of aromatic nitrogens is 3. The van der Waals surface area contributed by atoms with Gasteiger partial charge in [0.05, 0.1) is 23.3 Å². The van der Waals surface area contributed by atoms with Gasteiger partial charge in [-0.15, -0.1) is 0 Å². The number of alkyl halides is 1. The Morgan fingerprint density at radius 2 is 2.13 bits per heavy atom. The number of halogens is 1. The Morgan fingerprint density at radius 1 is 1.26 bits per heavy atom. The molecule has 0 aliphatic rings. The van der Waals surface area contributed by atoms with Crippen LogP contribution in [0, 0.1) is 6.92 Å². The molecule has 0 saturated carbocycles. The lowest BCUT2D eigenvalue weighted by Gasteiger charge is -2.11. The molecular weight excluding hydrogens is 421 g/mol. The van der Waals surface area contributed by atoms with Crippen molar-refractivity contribution in [2.45, 2.75) is 24.3 Å². The van der Waals surface area contributed by atoms with Gasteiger partial charge in [0, 0.05) is 21.9 Å². The minimum atomic E-state index is 0.754. The molecule has 0 aliphatic carbocycles. The highest BCUT2D eigenvalue weighted by atomic mass is 127. The molecule has 3 rings (SSSR count). The first-order valence-corrected chi connectivity index (χ1v) is 10.00. The van der Waals surface area contributed by atoms with Crippen LogP contribution in [0.4, 0.5) is 0 Å². The number of fused-ring (bicyclic) bond motifs is 1. The van der Waals surface area contributed by atoms with E-state index in [1.807, 2.05) is 36.5 Å². The van der Waals surface area contributed by atoms with Crippen LogP contribution in [0.15, 0.2) is 41.7 Å². The number of pyridine rings is 1. The van der Waals surface area contributed by atoms with Crippen molar-refractivity contribution in [3.8, 4) is 5.75 Å².